The van der Waals surface area contributed by atoms with Crippen molar-refractivity contribution in [2.24, 2.45) is 0 Å². The second-order valence-corrected chi connectivity index (χ2v) is 6.56. The van der Waals surface area contributed by atoms with Crippen LogP contribution in [-0.2, 0) is 9.47 Å². The summed E-state index contributed by atoms with van der Waals surface area (Å²) in [7, 11) is 2.76. The van der Waals surface area contributed by atoms with E-state index in [4.69, 9.17) is 9.47 Å². The highest BCUT2D eigenvalue weighted by molar-refractivity contribution is 5.99. The predicted octanol–water partition coefficient (Wildman–Crippen LogP) is 5.21. The number of ether oxygens (including phenoxy) is 2. The van der Waals surface area contributed by atoms with Gasteiger partial charge in [-0.1, -0.05) is 48.5 Å². The molecule has 3 aromatic rings. The molecule has 3 aromatic carbocycles. The number of hydrogen-bond donors (Lipinski definition) is 0. The smallest absolute Gasteiger partial charge is 0.338 e. The van der Waals surface area contributed by atoms with Crippen molar-refractivity contribution in [3.05, 3.63) is 82.9 Å². The van der Waals surface area contributed by atoms with E-state index in [1.165, 1.54) is 14.2 Å². The molecule has 0 radical (unpaired) electrons. The maximum Gasteiger partial charge on any atom is 0.338 e. The Morgan fingerprint density at radius 2 is 0.964 bits per heavy atom. The van der Waals surface area contributed by atoms with Gasteiger partial charge in [-0.2, -0.15) is 0 Å². The lowest BCUT2D eigenvalue weighted by Gasteiger charge is -2.16. The van der Waals surface area contributed by atoms with Crippen molar-refractivity contribution in [3.63, 3.8) is 0 Å². The number of carbonyl (C=O) groups excluding carboxylic acids is 2. The monoisotopic (exact) mass is 374 g/mol. The first-order valence-electron chi connectivity index (χ1n) is 8.94. The largest absolute Gasteiger partial charge is 0.465 e. The molecular formula is C24H22O4. The Kier molecular flexibility index (Phi) is 5.59. The molecule has 0 spiro atoms. The van der Waals surface area contributed by atoms with Crippen LogP contribution in [0.2, 0.25) is 0 Å². The molecule has 4 nitrogen and oxygen atoms in total. The molecule has 0 aliphatic heterocycles. The molecule has 0 heterocycles. The summed E-state index contributed by atoms with van der Waals surface area (Å²) in [5, 5.41) is 0. The highest BCUT2D eigenvalue weighted by Gasteiger charge is 2.18. The first-order chi connectivity index (χ1) is 13.5. The molecule has 0 N–H and O–H groups in total. The molecule has 0 bridgehead atoms. The van der Waals surface area contributed by atoms with Crippen LogP contribution in [0.4, 0.5) is 0 Å². The highest BCUT2D eigenvalue weighted by Crippen LogP contribution is 2.35. The van der Waals surface area contributed by atoms with E-state index in [-0.39, 0.29) is 11.9 Å². The van der Waals surface area contributed by atoms with Gasteiger partial charge in [0.1, 0.15) is 0 Å². The molecule has 0 atom stereocenters. The predicted molar refractivity (Wildman–Crippen MR) is 109 cm³/mol. The van der Waals surface area contributed by atoms with E-state index in [1.54, 1.807) is 12.1 Å². The molecule has 0 saturated heterocycles. The number of carbonyl (C=O) groups is 2. The Labute approximate surface area is 164 Å². The minimum Gasteiger partial charge on any atom is -0.465 e. The molecule has 0 saturated carbocycles. The van der Waals surface area contributed by atoms with Gasteiger partial charge in [-0.25, -0.2) is 9.59 Å². The highest BCUT2D eigenvalue weighted by atomic mass is 16.5. The van der Waals surface area contributed by atoms with Crippen molar-refractivity contribution < 1.29 is 19.1 Å². The maximum absolute atomic E-state index is 12.2. The molecular weight excluding hydrogens is 352 g/mol. The van der Waals surface area contributed by atoms with E-state index in [9.17, 15) is 9.59 Å². The molecule has 4 heteroatoms. The van der Waals surface area contributed by atoms with Crippen molar-refractivity contribution in [3.8, 4) is 22.3 Å². The molecule has 0 aliphatic rings. The van der Waals surface area contributed by atoms with E-state index in [0.717, 1.165) is 33.4 Å². The van der Waals surface area contributed by atoms with Gasteiger partial charge in [0.05, 0.1) is 25.3 Å². The van der Waals surface area contributed by atoms with E-state index >= 15 is 0 Å². The number of benzene rings is 3. The molecule has 0 fully saturated rings. The average molecular weight is 374 g/mol. The standard InChI is InChI=1S/C24H22O4/c1-15-13-22(18-10-6-8-12-20(18)24(26)28-4)16(2)14-21(15)17-9-5-7-11-19(17)23(25)27-3/h5-14H,1-4H3. The van der Waals surface area contributed by atoms with Gasteiger partial charge < -0.3 is 9.47 Å². The molecule has 28 heavy (non-hydrogen) atoms. The van der Waals surface area contributed by atoms with Crippen molar-refractivity contribution in [2.75, 3.05) is 14.2 Å². The Bertz CT molecular complexity index is 965. The van der Waals surface area contributed by atoms with Gasteiger partial charge in [-0.05, 0) is 59.4 Å². The van der Waals surface area contributed by atoms with Gasteiger partial charge in [0.2, 0.25) is 0 Å². The summed E-state index contributed by atoms with van der Waals surface area (Å²) in [5.41, 5.74) is 6.60. The number of rotatable bonds is 4. The Morgan fingerprint density at radius 1 is 0.607 bits per heavy atom. The maximum atomic E-state index is 12.2. The zero-order chi connectivity index (χ0) is 20.3. The summed E-state index contributed by atoms with van der Waals surface area (Å²) < 4.78 is 9.85. The number of hydrogen-bond acceptors (Lipinski definition) is 4. The minimum absolute atomic E-state index is 0.368. The Hall–Kier alpha value is -3.40. The Balaban J connectivity index is 2.18. The second-order valence-electron chi connectivity index (χ2n) is 6.56. The minimum atomic E-state index is -0.368. The van der Waals surface area contributed by atoms with Gasteiger partial charge >= 0.3 is 11.9 Å². The van der Waals surface area contributed by atoms with Crippen LogP contribution in [0.15, 0.2) is 60.7 Å². The number of methoxy groups -OCH3 is 2. The first kappa shape index (κ1) is 19.4. The number of esters is 2. The molecule has 3 rings (SSSR count). The summed E-state index contributed by atoms with van der Waals surface area (Å²) in [6.07, 6.45) is 0. The summed E-state index contributed by atoms with van der Waals surface area (Å²) in [6.45, 7) is 3.99. The fourth-order valence-electron chi connectivity index (χ4n) is 3.41. The van der Waals surface area contributed by atoms with Gasteiger partial charge in [-0.3, -0.25) is 0 Å². The summed E-state index contributed by atoms with van der Waals surface area (Å²) >= 11 is 0. The lowest BCUT2D eigenvalue weighted by atomic mass is 9.88. The SMILES string of the molecule is COC(=O)c1ccccc1-c1cc(C)c(-c2ccccc2C(=O)OC)cc1C. The lowest BCUT2D eigenvalue weighted by Crippen LogP contribution is -2.05. The van der Waals surface area contributed by atoms with Crippen molar-refractivity contribution in [1.29, 1.82) is 0 Å². The fourth-order valence-corrected chi connectivity index (χ4v) is 3.41. The third-order valence-electron chi connectivity index (χ3n) is 4.82. The first-order valence-corrected chi connectivity index (χ1v) is 8.94. The van der Waals surface area contributed by atoms with Crippen LogP contribution >= 0.6 is 0 Å². The van der Waals surface area contributed by atoms with Crippen molar-refractivity contribution in [1.82, 2.24) is 0 Å². The topological polar surface area (TPSA) is 52.6 Å². The summed E-state index contributed by atoms with van der Waals surface area (Å²) in [4.78, 5) is 24.3. The molecule has 0 aromatic heterocycles. The van der Waals surface area contributed by atoms with Crippen molar-refractivity contribution in [2.45, 2.75) is 13.8 Å². The molecule has 0 unspecified atom stereocenters. The third-order valence-corrected chi connectivity index (χ3v) is 4.82. The zero-order valence-electron chi connectivity index (χ0n) is 16.4. The van der Waals surface area contributed by atoms with Crippen LogP contribution in [0.25, 0.3) is 22.3 Å². The molecule has 142 valence electrons. The van der Waals surface area contributed by atoms with Gasteiger partial charge in [0.15, 0.2) is 0 Å². The fraction of sp³-hybridized carbons (Fsp3) is 0.167. The van der Waals surface area contributed by atoms with Crippen LogP contribution in [0, 0.1) is 13.8 Å². The average Bonchev–Trinajstić information content (AvgIpc) is 2.74. The summed E-state index contributed by atoms with van der Waals surface area (Å²) in [6, 6.07) is 18.9. The number of aryl methyl sites for hydroxylation is 2. The Morgan fingerprint density at radius 3 is 1.32 bits per heavy atom. The lowest BCUT2D eigenvalue weighted by molar-refractivity contribution is 0.0592. The molecule has 0 amide bonds. The van der Waals surface area contributed by atoms with Crippen LogP contribution in [-0.4, -0.2) is 26.2 Å². The quantitative estimate of drug-likeness (QED) is 0.588. The second kappa shape index (κ2) is 8.09. The van der Waals surface area contributed by atoms with Crippen LogP contribution in [0.5, 0.6) is 0 Å². The van der Waals surface area contributed by atoms with Crippen molar-refractivity contribution >= 4 is 11.9 Å². The molecule has 0 aliphatic carbocycles. The van der Waals surface area contributed by atoms with Crippen LogP contribution < -0.4 is 0 Å². The van der Waals surface area contributed by atoms with Crippen LogP contribution in [0.1, 0.15) is 31.8 Å². The third kappa shape index (κ3) is 3.54. The van der Waals surface area contributed by atoms with Gasteiger partial charge in [0.25, 0.3) is 0 Å². The van der Waals surface area contributed by atoms with E-state index < -0.39 is 0 Å². The van der Waals surface area contributed by atoms with Gasteiger partial charge in [0, 0.05) is 0 Å². The van der Waals surface area contributed by atoms with Gasteiger partial charge in [-0.15, -0.1) is 0 Å². The normalized spacial score (nSPS) is 10.4. The zero-order valence-corrected chi connectivity index (χ0v) is 16.4. The van der Waals surface area contributed by atoms with E-state index in [1.807, 2.05) is 62.4 Å². The summed E-state index contributed by atoms with van der Waals surface area (Å²) in [5.74, 6) is -0.736. The van der Waals surface area contributed by atoms with E-state index in [0.29, 0.717) is 11.1 Å². The van der Waals surface area contributed by atoms with E-state index in [2.05, 4.69) is 0 Å². The van der Waals surface area contributed by atoms with Crippen LogP contribution in [0.3, 0.4) is 0 Å².